The number of carbonyl (C=O) groups excluding carboxylic acids is 2. The number of aromatic hydroxyl groups is 2. The van der Waals surface area contributed by atoms with Crippen LogP contribution in [0.2, 0.25) is 0 Å². The zero-order chi connectivity index (χ0) is 22.1. The topological polar surface area (TPSA) is 119 Å². The fraction of sp³-hybridized carbons (Fsp3) is 0.217. The molecule has 7 nitrogen and oxygen atoms in total. The van der Waals surface area contributed by atoms with Gasteiger partial charge < -0.3 is 25.4 Å². The molecule has 7 heteroatoms. The summed E-state index contributed by atoms with van der Waals surface area (Å²) in [4.78, 5) is 24.3. The van der Waals surface area contributed by atoms with Crippen LogP contribution in [0.4, 0.5) is 0 Å². The zero-order valence-electron chi connectivity index (χ0n) is 16.9. The lowest BCUT2D eigenvalue weighted by Gasteiger charge is -2.10. The van der Waals surface area contributed by atoms with Crippen LogP contribution in [0.1, 0.15) is 23.1 Å². The molecule has 0 aliphatic rings. The van der Waals surface area contributed by atoms with Crippen LogP contribution < -0.4 is 15.2 Å². The molecule has 0 radical (unpaired) electrons. The standard InChI is InChI=1S/C23H25NO6/c1-29-22-11-15(4-8-20(22)27)3-6-18(25)14-19(26)7-5-16-13-23(30-2)21(28)12-17(16)9-10-24/h3-8,11-13,27-28H,9-10,14,24H2,1-2H3/b6-3+,7-5+. The van der Waals surface area contributed by atoms with Crippen molar-refractivity contribution in [3.8, 4) is 23.0 Å². The highest BCUT2D eigenvalue weighted by atomic mass is 16.5. The zero-order valence-corrected chi connectivity index (χ0v) is 16.9. The number of benzene rings is 2. The first-order chi connectivity index (χ1) is 14.4. The highest BCUT2D eigenvalue weighted by molar-refractivity contribution is 6.10. The van der Waals surface area contributed by atoms with Crippen molar-refractivity contribution >= 4 is 23.7 Å². The Morgan fingerprint density at radius 2 is 1.57 bits per heavy atom. The predicted octanol–water partition coefficient (Wildman–Crippen LogP) is 2.87. The number of phenols is 2. The van der Waals surface area contributed by atoms with E-state index in [4.69, 9.17) is 15.2 Å². The fourth-order valence-corrected chi connectivity index (χ4v) is 2.78. The maximum Gasteiger partial charge on any atom is 0.163 e. The molecule has 0 aliphatic heterocycles. The van der Waals surface area contributed by atoms with E-state index in [1.807, 2.05) is 0 Å². The molecule has 0 bridgehead atoms. The van der Waals surface area contributed by atoms with Gasteiger partial charge in [-0.05, 0) is 66.1 Å². The lowest BCUT2D eigenvalue weighted by molar-refractivity contribution is -0.121. The van der Waals surface area contributed by atoms with Gasteiger partial charge in [-0.25, -0.2) is 0 Å². The molecule has 30 heavy (non-hydrogen) atoms. The molecule has 0 heterocycles. The summed E-state index contributed by atoms with van der Waals surface area (Å²) in [5.41, 5.74) is 7.71. The molecule has 4 N–H and O–H groups in total. The van der Waals surface area contributed by atoms with Gasteiger partial charge in [-0.15, -0.1) is 0 Å². The van der Waals surface area contributed by atoms with Gasteiger partial charge in [0.1, 0.15) is 0 Å². The van der Waals surface area contributed by atoms with E-state index in [9.17, 15) is 19.8 Å². The molecule has 2 aromatic carbocycles. The van der Waals surface area contributed by atoms with Crippen LogP contribution in [0, 0.1) is 0 Å². The first-order valence-corrected chi connectivity index (χ1v) is 9.26. The van der Waals surface area contributed by atoms with E-state index >= 15 is 0 Å². The first-order valence-electron chi connectivity index (χ1n) is 9.26. The van der Waals surface area contributed by atoms with Gasteiger partial charge in [0, 0.05) is 0 Å². The van der Waals surface area contributed by atoms with Gasteiger partial charge >= 0.3 is 0 Å². The van der Waals surface area contributed by atoms with Crippen molar-refractivity contribution in [3.63, 3.8) is 0 Å². The molecule has 0 spiro atoms. The summed E-state index contributed by atoms with van der Waals surface area (Å²) >= 11 is 0. The number of hydrogen-bond donors (Lipinski definition) is 3. The second-order valence-electron chi connectivity index (χ2n) is 6.47. The number of ether oxygens (including phenoxy) is 2. The number of ketones is 2. The van der Waals surface area contributed by atoms with Gasteiger partial charge in [0.15, 0.2) is 34.6 Å². The Balaban J connectivity index is 2.06. The number of phenolic OH excluding ortho intramolecular Hbond substituents is 2. The minimum absolute atomic E-state index is 0.00107. The van der Waals surface area contributed by atoms with E-state index < -0.39 is 0 Å². The number of methoxy groups -OCH3 is 2. The number of hydrogen-bond acceptors (Lipinski definition) is 7. The lowest BCUT2D eigenvalue weighted by atomic mass is 10.0. The second-order valence-corrected chi connectivity index (χ2v) is 6.47. The molecule has 2 rings (SSSR count). The molecule has 0 unspecified atom stereocenters. The summed E-state index contributed by atoms with van der Waals surface area (Å²) in [6.07, 6.45) is 5.98. The summed E-state index contributed by atoms with van der Waals surface area (Å²) in [5, 5.41) is 19.5. The smallest absolute Gasteiger partial charge is 0.163 e. The van der Waals surface area contributed by atoms with Crippen molar-refractivity contribution in [2.45, 2.75) is 12.8 Å². The number of carbonyl (C=O) groups is 2. The molecule has 2 aromatic rings. The normalized spacial score (nSPS) is 11.2. The van der Waals surface area contributed by atoms with Crippen LogP contribution in [0.5, 0.6) is 23.0 Å². The van der Waals surface area contributed by atoms with Crippen molar-refractivity contribution in [2.24, 2.45) is 5.73 Å². The van der Waals surface area contributed by atoms with Crippen LogP contribution >= 0.6 is 0 Å². The minimum Gasteiger partial charge on any atom is -0.504 e. The largest absolute Gasteiger partial charge is 0.504 e. The minimum atomic E-state index is -0.362. The molecular weight excluding hydrogens is 386 g/mol. The molecule has 0 amide bonds. The molecule has 0 aromatic heterocycles. The molecule has 158 valence electrons. The maximum absolute atomic E-state index is 12.2. The quantitative estimate of drug-likeness (QED) is 0.406. The summed E-state index contributed by atoms with van der Waals surface area (Å²) in [7, 11) is 2.87. The summed E-state index contributed by atoms with van der Waals surface area (Å²) in [6, 6.07) is 7.83. The lowest BCUT2D eigenvalue weighted by Crippen LogP contribution is -2.05. The average Bonchev–Trinajstić information content (AvgIpc) is 2.72. The maximum atomic E-state index is 12.2. The third-order valence-electron chi connectivity index (χ3n) is 4.32. The molecule has 0 saturated carbocycles. The van der Waals surface area contributed by atoms with Crippen LogP contribution in [-0.2, 0) is 16.0 Å². The van der Waals surface area contributed by atoms with Crippen LogP contribution in [0.15, 0.2) is 42.5 Å². The van der Waals surface area contributed by atoms with Gasteiger partial charge in [-0.1, -0.05) is 18.2 Å². The molecule has 0 fully saturated rings. The van der Waals surface area contributed by atoms with Crippen molar-refractivity contribution in [3.05, 3.63) is 59.2 Å². The first kappa shape index (κ1) is 22.7. The van der Waals surface area contributed by atoms with Crippen molar-refractivity contribution in [1.82, 2.24) is 0 Å². The van der Waals surface area contributed by atoms with Gasteiger partial charge in [-0.3, -0.25) is 9.59 Å². The Hall–Kier alpha value is -3.58. The Morgan fingerprint density at radius 3 is 2.20 bits per heavy atom. The SMILES string of the molecule is COc1cc(/C=C/C(=O)CC(=O)/C=C/c2cc(OC)c(O)cc2CCN)ccc1O. The predicted molar refractivity (Wildman–Crippen MR) is 115 cm³/mol. The van der Waals surface area contributed by atoms with Gasteiger partial charge in [0.25, 0.3) is 0 Å². The van der Waals surface area contributed by atoms with E-state index in [2.05, 4.69) is 0 Å². The fourth-order valence-electron chi connectivity index (χ4n) is 2.78. The van der Waals surface area contributed by atoms with Crippen molar-refractivity contribution < 1.29 is 29.3 Å². The Labute approximate surface area is 175 Å². The van der Waals surface area contributed by atoms with E-state index in [1.165, 1.54) is 32.4 Å². The van der Waals surface area contributed by atoms with Crippen molar-refractivity contribution in [1.29, 1.82) is 0 Å². The van der Waals surface area contributed by atoms with Gasteiger partial charge in [0.2, 0.25) is 0 Å². The molecule has 0 aliphatic carbocycles. The van der Waals surface area contributed by atoms with Crippen LogP contribution in [0.3, 0.4) is 0 Å². The summed E-state index contributed by atoms with van der Waals surface area (Å²) < 4.78 is 10.1. The highest BCUT2D eigenvalue weighted by Crippen LogP contribution is 2.30. The van der Waals surface area contributed by atoms with E-state index in [0.717, 1.165) is 5.56 Å². The van der Waals surface area contributed by atoms with Gasteiger partial charge in [0.05, 0.1) is 20.6 Å². The third kappa shape index (κ3) is 6.22. The second kappa shape index (κ2) is 10.8. The number of allylic oxidation sites excluding steroid dienone is 2. The Morgan fingerprint density at radius 1 is 0.933 bits per heavy atom. The molecule has 0 saturated heterocycles. The van der Waals surface area contributed by atoms with E-state index in [1.54, 1.807) is 36.4 Å². The Bertz CT molecular complexity index is 978. The van der Waals surface area contributed by atoms with E-state index in [-0.39, 0.29) is 35.2 Å². The summed E-state index contributed by atoms with van der Waals surface area (Å²) in [6.45, 7) is 0.381. The number of nitrogens with two attached hydrogens (primary N) is 1. The molecular formula is C23H25NO6. The monoisotopic (exact) mass is 411 g/mol. The number of rotatable bonds is 10. The Kier molecular flexibility index (Phi) is 8.19. The average molecular weight is 411 g/mol. The summed E-state index contributed by atoms with van der Waals surface area (Å²) in [5.74, 6) is -0.148. The highest BCUT2D eigenvalue weighted by Gasteiger charge is 2.09. The third-order valence-corrected chi connectivity index (χ3v) is 4.32. The van der Waals surface area contributed by atoms with Gasteiger partial charge in [-0.2, -0.15) is 0 Å². The van der Waals surface area contributed by atoms with Crippen LogP contribution in [-0.4, -0.2) is 42.5 Å². The van der Waals surface area contributed by atoms with E-state index in [0.29, 0.717) is 29.8 Å². The van der Waals surface area contributed by atoms with Crippen molar-refractivity contribution in [2.75, 3.05) is 20.8 Å². The molecule has 0 atom stereocenters. The van der Waals surface area contributed by atoms with Crippen LogP contribution in [0.25, 0.3) is 12.2 Å².